The quantitative estimate of drug-likeness (QED) is 0.761. The van der Waals surface area contributed by atoms with E-state index in [1.807, 2.05) is 22.8 Å². The van der Waals surface area contributed by atoms with Crippen molar-refractivity contribution in [1.82, 2.24) is 19.7 Å². The molecular formula is C18H24N4O3S. The Morgan fingerprint density at radius 2 is 2.00 bits per heavy atom. The molecule has 0 aliphatic carbocycles. The second-order valence-electron chi connectivity index (χ2n) is 6.78. The lowest BCUT2D eigenvalue weighted by Crippen LogP contribution is -2.39. The lowest BCUT2D eigenvalue weighted by Gasteiger charge is -2.32. The Balaban J connectivity index is 1.64. The van der Waals surface area contributed by atoms with Crippen LogP contribution in [0, 0.1) is 19.8 Å². The maximum atomic E-state index is 12.8. The standard InChI is InChI=1S/C18H24N4O3S/c1-11-9-15(23)25-12(2)16(11)17(24)22-7-5-13(6-8-22)10-14-19-20-18(26-4)21(14)3/h9,13H,5-8,10H2,1-4H3. The number of aromatic nitrogens is 3. The van der Waals surface area contributed by atoms with E-state index in [0.717, 1.165) is 30.2 Å². The van der Waals surface area contributed by atoms with Crippen molar-refractivity contribution >= 4 is 17.7 Å². The first-order chi connectivity index (χ1) is 12.4. The third-order valence-corrected chi connectivity index (χ3v) is 5.75. The highest BCUT2D eigenvalue weighted by Gasteiger charge is 2.27. The molecule has 140 valence electrons. The Labute approximate surface area is 156 Å². The molecule has 1 saturated heterocycles. The Morgan fingerprint density at radius 1 is 1.31 bits per heavy atom. The Morgan fingerprint density at radius 3 is 2.58 bits per heavy atom. The van der Waals surface area contributed by atoms with E-state index >= 15 is 0 Å². The molecule has 1 aliphatic heterocycles. The molecule has 3 rings (SSSR count). The molecule has 0 radical (unpaired) electrons. The Hall–Kier alpha value is -2.09. The minimum Gasteiger partial charge on any atom is -0.427 e. The molecule has 0 unspecified atom stereocenters. The van der Waals surface area contributed by atoms with E-state index in [1.54, 1.807) is 25.6 Å². The molecule has 26 heavy (non-hydrogen) atoms. The van der Waals surface area contributed by atoms with Crippen molar-refractivity contribution in [3.63, 3.8) is 0 Å². The third-order valence-electron chi connectivity index (χ3n) is 5.03. The molecule has 7 nitrogen and oxygen atoms in total. The summed E-state index contributed by atoms with van der Waals surface area (Å²) in [5, 5.41) is 9.39. The van der Waals surface area contributed by atoms with E-state index in [9.17, 15) is 9.59 Å². The van der Waals surface area contributed by atoms with Gasteiger partial charge >= 0.3 is 5.63 Å². The monoisotopic (exact) mass is 376 g/mol. The van der Waals surface area contributed by atoms with Gasteiger partial charge in [0.05, 0.1) is 5.56 Å². The van der Waals surface area contributed by atoms with E-state index in [-0.39, 0.29) is 5.91 Å². The molecule has 0 aromatic carbocycles. The van der Waals surface area contributed by atoms with Gasteiger partial charge in [0.15, 0.2) is 5.16 Å². The topological polar surface area (TPSA) is 81.2 Å². The number of likely N-dealkylation sites (tertiary alicyclic amines) is 1. The lowest BCUT2D eigenvalue weighted by molar-refractivity contribution is 0.0684. The minimum atomic E-state index is -0.413. The number of carbonyl (C=O) groups is 1. The van der Waals surface area contributed by atoms with Gasteiger partial charge in [-0.3, -0.25) is 4.79 Å². The fraction of sp³-hybridized carbons (Fsp3) is 0.556. The van der Waals surface area contributed by atoms with Crippen molar-refractivity contribution in [2.24, 2.45) is 13.0 Å². The van der Waals surface area contributed by atoms with Gasteiger partial charge in [0.1, 0.15) is 11.6 Å². The van der Waals surface area contributed by atoms with Gasteiger partial charge in [0.25, 0.3) is 5.91 Å². The zero-order valence-electron chi connectivity index (χ0n) is 15.6. The molecule has 0 spiro atoms. The molecule has 0 N–H and O–H groups in total. The molecule has 2 aromatic rings. The number of rotatable bonds is 4. The zero-order chi connectivity index (χ0) is 18.8. The van der Waals surface area contributed by atoms with Crippen LogP contribution in [-0.4, -0.2) is 44.9 Å². The first kappa shape index (κ1) is 18.7. The van der Waals surface area contributed by atoms with Crippen LogP contribution in [0.3, 0.4) is 0 Å². The summed E-state index contributed by atoms with van der Waals surface area (Å²) in [7, 11) is 1.99. The SMILES string of the molecule is CSc1nnc(CC2CCN(C(=O)c3c(C)cc(=O)oc3C)CC2)n1C. The van der Waals surface area contributed by atoms with Crippen LogP contribution < -0.4 is 5.63 Å². The van der Waals surface area contributed by atoms with Crippen molar-refractivity contribution in [2.45, 2.75) is 38.3 Å². The van der Waals surface area contributed by atoms with Crippen molar-refractivity contribution in [3.8, 4) is 0 Å². The largest absolute Gasteiger partial charge is 0.427 e. The molecule has 1 amide bonds. The van der Waals surface area contributed by atoms with Crippen LogP contribution in [0.5, 0.6) is 0 Å². The fourth-order valence-corrected chi connectivity index (χ4v) is 4.04. The summed E-state index contributed by atoms with van der Waals surface area (Å²) in [5.41, 5.74) is 0.777. The van der Waals surface area contributed by atoms with Crippen LogP contribution in [0.2, 0.25) is 0 Å². The predicted molar refractivity (Wildman–Crippen MR) is 99.6 cm³/mol. The van der Waals surface area contributed by atoms with Gasteiger partial charge in [-0.2, -0.15) is 0 Å². The molecule has 8 heteroatoms. The molecule has 0 atom stereocenters. The minimum absolute atomic E-state index is 0.0504. The van der Waals surface area contributed by atoms with Crippen LogP contribution in [0.4, 0.5) is 0 Å². The summed E-state index contributed by atoms with van der Waals surface area (Å²) in [6, 6.07) is 1.38. The number of carbonyl (C=O) groups excluding carboxylic acids is 1. The summed E-state index contributed by atoms with van der Waals surface area (Å²) in [6.45, 7) is 4.86. The molecule has 1 aliphatic rings. The number of piperidine rings is 1. The summed E-state index contributed by atoms with van der Waals surface area (Å²) in [5.74, 6) is 1.83. The highest BCUT2D eigenvalue weighted by Crippen LogP contribution is 2.24. The number of nitrogens with zero attached hydrogens (tertiary/aromatic N) is 4. The zero-order valence-corrected chi connectivity index (χ0v) is 16.4. The van der Waals surface area contributed by atoms with Gasteiger partial charge in [-0.15, -0.1) is 10.2 Å². The fourth-order valence-electron chi connectivity index (χ4n) is 3.53. The van der Waals surface area contributed by atoms with Gasteiger partial charge in [0, 0.05) is 32.6 Å². The highest BCUT2D eigenvalue weighted by molar-refractivity contribution is 7.98. The first-order valence-electron chi connectivity index (χ1n) is 8.73. The average Bonchev–Trinajstić information content (AvgIpc) is 2.94. The second-order valence-corrected chi connectivity index (χ2v) is 7.55. The van der Waals surface area contributed by atoms with Gasteiger partial charge in [-0.05, 0) is 44.4 Å². The van der Waals surface area contributed by atoms with Crippen molar-refractivity contribution in [3.05, 3.63) is 39.2 Å². The average molecular weight is 376 g/mol. The number of hydrogen-bond donors (Lipinski definition) is 0. The lowest BCUT2D eigenvalue weighted by atomic mass is 9.92. The van der Waals surface area contributed by atoms with Crippen molar-refractivity contribution in [1.29, 1.82) is 0 Å². The van der Waals surface area contributed by atoms with Crippen LogP contribution in [0.1, 0.15) is 40.3 Å². The van der Waals surface area contributed by atoms with E-state index in [4.69, 9.17) is 4.42 Å². The summed E-state index contributed by atoms with van der Waals surface area (Å²) in [4.78, 5) is 26.1. The van der Waals surface area contributed by atoms with Crippen LogP contribution in [-0.2, 0) is 13.5 Å². The van der Waals surface area contributed by atoms with Crippen LogP contribution in [0.15, 0.2) is 20.4 Å². The number of hydrogen-bond acceptors (Lipinski definition) is 6. The van der Waals surface area contributed by atoms with Crippen LogP contribution >= 0.6 is 11.8 Å². The van der Waals surface area contributed by atoms with Gasteiger partial charge < -0.3 is 13.9 Å². The third kappa shape index (κ3) is 3.70. The van der Waals surface area contributed by atoms with Crippen LogP contribution in [0.25, 0.3) is 0 Å². The molecule has 3 heterocycles. The Bertz CT molecular complexity index is 840. The number of amides is 1. The Kier molecular flexibility index (Phi) is 5.50. The van der Waals surface area contributed by atoms with Gasteiger partial charge in [-0.1, -0.05) is 11.8 Å². The predicted octanol–water partition coefficient (Wildman–Crippen LogP) is 2.20. The number of aryl methyl sites for hydroxylation is 2. The van der Waals surface area contributed by atoms with E-state index in [1.165, 1.54) is 6.07 Å². The first-order valence-corrected chi connectivity index (χ1v) is 9.96. The maximum Gasteiger partial charge on any atom is 0.336 e. The van der Waals surface area contributed by atoms with Gasteiger partial charge in [-0.25, -0.2) is 4.79 Å². The van der Waals surface area contributed by atoms with E-state index in [2.05, 4.69) is 10.2 Å². The van der Waals surface area contributed by atoms with E-state index in [0.29, 0.717) is 35.9 Å². The normalized spacial score (nSPS) is 15.5. The second kappa shape index (κ2) is 7.65. The molecule has 0 bridgehead atoms. The summed E-state index contributed by atoms with van der Waals surface area (Å²) in [6.07, 6.45) is 4.74. The molecule has 0 saturated carbocycles. The maximum absolute atomic E-state index is 12.8. The van der Waals surface area contributed by atoms with Crippen molar-refractivity contribution in [2.75, 3.05) is 19.3 Å². The smallest absolute Gasteiger partial charge is 0.336 e. The summed E-state index contributed by atoms with van der Waals surface area (Å²) >= 11 is 1.59. The van der Waals surface area contributed by atoms with E-state index < -0.39 is 5.63 Å². The van der Waals surface area contributed by atoms with Crippen molar-refractivity contribution < 1.29 is 9.21 Å². The summed E-state index contributed by atoms with van der Waals surface area (Å²) < 4.78 is 7.15. The highest BCUT2D eigenvalue weighted by atomic mass is 32.2. The molecule has 1 fully saturated rings. The molecule has 2 aromatic heterocycles. The van der Waals surface area contributed by atoms with Gasteiger partial charge in [0.2, 0.25) is 0 Å². The number of thioether (sulfide) groups is 1. The molecular weight excluding hydrogens is 352 g/mol.